The van der Waals surface area contributed by atoms with E-state index in [0.29, 0.717) is 17.0 Å². The predicted octanol–water partition coefficient (Wildman–Crippen LogP) is 13.0. The number of carbonyl (C=O) groups excluding carboxylic acids is 1. The molecule has 8 rings (SSSR count). The van der Waals surface area contributed by atoms with Crippen LogP contribution in [0.2, 0.25) is 0 Å². The number of rotatable bonds is 5. The van der Waals surface area contributed by atoms with E-state index in [1.54, 1.807) is 12.3 Å². The smallest absolute Gasteiger partial charge is 0.321 e. The van der Waals surface area contributed by atoms with Crippen molar-refractivity contribution >= 4 is 51.9 Å². The van der Waals surface area contributed by atoms with Crippen LogP contribution in [0.5, 0.6) is 0 Å². The molecule has 2 aromatic carbocycles. The molecule has 342 valence electrons. The maximum absolute atomic E-state index is 13.6. The van der Waals surface area contributed by atoms with Crippen LogP contribution in [0.15, 0.2) is 54.9 Å². The Morgan fingerprint density at radius 3 is 1.69 bits per heavy atom. The molecule has 1 aliphatic carbocycles. The van der Waals surface area contributed by atoms with Crippen LogP contribution in [-0.2, 0) is 12.8 Å². The lowest BCUT2D eigenvalue weighted by atomic mass is 9.80. The average molecular weight is 891 g/mol. The molecule has 0 radical (unpaired) electrons. The molecule has 2 amide bonds. The number of hydrogen-bond donors (Lipinski definition) is 2. The summed E-state index contributed by atoms with van der Waals surface area (Å²) in [6.45, 7) is 27.4. The number of nitrogens with one attached hydrogen (secondary N) is 1. The van der Waals surface area contributed by atoms with E-state index in [-0.39, 0.29) is 29.5 Å². The van der Waals surface area contributed by atoms with Crippen molar-refractivity contribution < 1.29 is 9.18 Å². The number of hydrogen-bond acceptors (Lipinski definition) is 8. The molecule has 2 fully saturated rings. The van der Waals surface area contributed by atoms with Gasteiger partial charge in [-0.25, -0.2) is 39.1 Å². The van der Waals surface area contributed by atoms with E-state index in [2.05, 4.69) is 84.8 Å². The zero-order chi connectivity index (χ0) is 45.8. The van der Waals surface area contributed by atoms with Crippen molar-refractivity contribution in [3.05, 3.63) is 94.8 Å². The third-order valence-corrected chi connectivity index (χ3v) is 12.9. The van der Waals surface area contributed by atoms with E-state index in [9.17, 15) is 9.18 Å². The van der Waals surface area contributed by atoms with Gasteiger partial charge in [-0.2, -0.15) is 0 Å². The Morgan fingerprint density at radius 2 is 1.22 bits per heavy atom. The minimum Gasteiger partial charge on any atom is -0.396 e. The molecule has 10 nitrogen and oxygen atoms in total. The van der Waals surface area contributed by atoms with Gasteiger partial charge < -0.3 is 16.0 Å². The number of fused-ring (bicyclic) bond motifs is 2. The molecular formula is C52H69ClFN9O. The highest BCUT2D eigenvalue weighted by Crippen LogP contribution is 2.39. The number of likely N-dealkylation sites (tertiary alicyclic amines) is 1. The standard InChI is InChI=1S/C26H33N5O.C17H17FN4.C9H18.ClH/c1-7-23-27-14-18-12-22(17(3)28-24(18)30-23)21-13-20(9-8-16(21)2)29-25(32)31-11-10-19(15-31)26(4,5)6;1-4-16-20-8-11-6-13(10(3)21-17(11)22-16)12-7-15(19)14(18)5-9(12)2;1-9(2,3)8-6-4-5-7-8;/h8-9,12-14,19H,7,10-11,15H2,1-6H3,(H,29,32);5-8H,4,19H2,1-3H3;8H,4-7H2,1-3H3;1H. The van der Waals surface area contributed by atoms with Crippen LogP contribution in [0, 0.1) is 56.2 Å². The summed E-state index contributed by atoms with van der Waals surface area (Å²) in [5.74, 6) is 2.72. The van der Waals surface area contributed by atoms with Crippen molar-refractivity contribution in [1.29, 1.82) is 0 Å². The van der Waals surface area contributed by atoms with Gasteiger partial charge in [0.2, 0.25) is 0 Å². The number of halogens is 2. The van der Waals surface area contributed by atoms with Crippen LogP contribution < -0.4 is 11.1 Å². The molecule has 6 aromatic rings. The topological polar surface area (TPSA) is 136 Å². The van der Waals surface area contributed by atoms with Gasteiger partial charge in [-0.1, -0.05) is 74.3 Å². The monoisotopic (exact) mass is 890 g/mol. The molecule has 1 saturated heterocycles. The summed E-state index contributed by atoms with van der Waals surface area (Å²) in [5.41, 5.74) is 16.4. The molecule has 1 unspecified atom stereocenters. The normalized spacial score (nSPS) is 15.3. The third-order valence-electron chi connectivity index (χ3n) is 12.9. The van der Waals surface area contributed by atoms with Crippen LogP contribution in [0.1, 0.15) is 122 Å². The minimum atomic E-state index is -0.399. The SMILES string of the molecule is CC(C)(C)C1CCCC1.CCc1ncc2cc(-c3cc(N)c(F)cc3C)c(C)nc2n1.CCc1ncc2cc(-c3cc(NC(=O)N4CCC(C(C)(C)C)C4)ccc3C)c(C)nc2n1.Cl. The largest absolute Gasteiger partial charge is 0.396 e. The van der Waals surface area contributed by atoms with Crippen molar-refractivity contribution in [2.75, 3.05) is 24.1 Å². The summed E-state index contributed by atoms with van der Waals surface area (Å²) in [5, 5.41) is 4.89. The zero-order valence-electron chi connectivity index (χ0n) is 40.1. The number of aromatic nitrogens is 6. The molecule has 12 heteroatoms. The van der Waals surface area contributed by atoms with Crippen LogP contribution in [-0.4, -0.2) is 53.9 Å². The highest BCUT2D eigenvalue weighted by molar-refractivity contribution is 5.91. The highest BCUT2D eigenvalue weighted by atomic mass is 35.5. The highest BCUT2D eigenvalue weighted by Gasteiger charge is 2.34. The van der Waals surface area contributed by atoms with Crippen LogP contribution in [0.4, 0.5) is 20.6 Å². The first-order valence-corrected chi connectivity index (χ1v) is 22.7. The van der Waals surface area contributed by atoms with Gasteiger partial charge in [0.05, 0.1) is 5.69 Å². The minimum absolute atomic E-state index is 0. The molecular weight excluding hydrogens is 821 g/mol. The van der Waals surface area contributed by atoms with E-state index in [0.717, 1.165) is 117 Å². The molecule has 1 saturated carbocycles. The second-order valence-corrected chi connectivity index (χ2v) is 19.6. The number of carbonyl (C=O) groups is 1. The molecule has 5 heterocycles. The van der Waals surface area contributed by atoms with Crippen LogP contribution >= 0.6 is 12.4 Å². The van der Waals surface area contributed by atoms with Gasteiger partial charge in [0.15, 0.2) is 11.3 Å². The van der Waals surface area contributed by atoms with Gasteiger partial charge in [0, 0.05) is 77.3 Å². The van der Waals surface area contributed by atoms with Crippen LogP contribution in [0.25, 0.3) is 44.3 Å². The number of amides is 2. The lowest BCUT2D eigenvalue weighted by Crippen LogP contribution is -2.34. The van der Waals surface area contributed by atoms with Gasteiger partial charge in [0.25, 0.3) is 0 Å². The zero-order valence-corrected chi connectivity index (χ0v) is 40.9. The van der Waals surface area contributed by atoms with Crippen molar-refractivity contribution in [1.82, 2.24) is 34.8 Å². The number of nitrogens with zero attached hydrogens (tertiary/aromatic N) is 7. The molecule has 0 spiro atoms. The summed E-state index contributed by atoms with van der Waals surface area (Å²) in [4.78, 5) is 41.9. The maximum atomic E-state index is 13.6. The number of urea groups is 1. The Labute approximate surface area is 386 Å². The van der Waals surface area contributed by atoms with E-state index < -0.39 is 5.82 Å². The molecule has 1 atom stereocenters. The fraction of sp³-hybridized carbons (Fsp3) is 0.481. The van der Waals surface area contributed by atoms with E-state index in [1.807, 2.05) is 70.0 Å². The molecule has 0 bridgehead atoms. The number of anilines is 2. The van der Waals surface area contributed by atoms with Gasteiger partial charge in [0.1, 0.15) is 17.5 Å². The predicted molar refractivity (Wildman–Crippen MR) is 264 cm³/mol. The summed E-state index contributed by atoms with van der Waals surface area (Å²) in [6.07, 6.45) is 12.1. The van der Waals surface area contributed by atoms with Crippen molar-refractivity contribution in [2.24, 2.45) is 22.7 Å². The summed E-state index contributed by atoms with van der Waals surface area (Å²) >= 11 is 0. The Balaban J connectivity index is 0.000000207. The molecule has 64 heavy (non-hydrogen) atoms. The second kappa shape index (κ2) is 20.7. The lowest BCUT2D eigenvalue weighted by Gasteiger charge is -2.27. The van der Waals surface area contributed by atoms with Crippen molar-refractivity contribution in [2.45, 2.75) is 128 Å². The molecule has 3 N–H and O–H groups in total. The Kier molecular flexibility index (Phi) is 16.1. The van der Waals surface area contributed by atoms with Crippen molar-refractivity contribution in [3.63, 3.8) is 0 Å². The average Bonchev–Trinajstić information content (AvgIpc) is 3.98. The van der Waals surface area contributed by atoms with E-state index >= 15 is 0 Å². The summed E-state index contributed by atoms with van der Waals surface area (Å²) < 4.78 is 13.6. The number of nitrogens with two attached hydrogens (primary N) is 1. The first kappa shape index (κ1) is 49.7. The molecule has 2 aliphatic rings. The summed E-state index contributed by atoms with van der Waals surface area (Å²) in [7, 11) is 0. The Morgan fingerprint density at radius 1 is 0.703 bits per heavy atom. The number of pyridine rings is 2. The first-order chi connectivity index (χ1) is 29.7. The maximum Gasteiger partial charge on any atom is 0.321 e. The third kappa shape index (κ3) is 11.9. The quantitative estimate of drug-likeness (QED) is 0.163. The Hall–Kier alpha value is -5.29. The number of benzene rings is 2. The second-order valence-electron chi connectivity index (χ2n) is 19.6. The van der Waals surface area contributed by atoms with Gasteiger partial charge in [-0.15, -0.1) is 12.4 Å². The lowest BCUT2D eigenvalue weighted by molar-refractivity contribution is 0.208. The summed E-state index contributed by atoms with van der Waals surface area (Å²) in [6, 6.07) is 13.2. The van der Waals surface area contributed by atoms with Gasteiger partial charge in [-0.3, -0.25) is 0 Å². The van der Waals surface area contributed by atoms with E-state index in [1.165, 1.54) is 31.7 Å². The van der Waals surface area contributed by atoms with Crippen molar-refractivity contribution in [3.8, 4) is 22.3 Å². The van der Waals surface area contributed by atoms with Gasteiger partial charge >= 0.3 is 6.03 Å². The van der Waals surface area contributed by atoms with Gasteiger partial charge in [-0.05, 0) is 128 Å². The van der Waals surface area contributed by atoms with Crippen LogP contribution in [0.3, 0.4) is 0 Å². The first-order valence-electron chi connectivity index (χ1n) is 22.7. The fourth-order valence-corrected chi connectivity index (χ4v) is 8.68. The molecule has 1 aliphatic heterocycles. The van der Waals surface area contributed by atoms with E-state index in [4.69, 9.17) is 10.7 Å². The number of nitrogen functional groups attached to an aromatic ring is 1. The fourth-order valence-electron chi connectivity index (χ4n) is 8.68. The number of aryl methyl sites for hydroxylation is 6. The molecule has 4 aromatic heterocycles. The Bertz CT molecular complexity index is 2590.